The topological polar surface area (TPSA) is 38.0 Å². The Hall–Kier alpha value is -1.37. The molecule has 0 unspecified atom stereocenters. The average molecular weight is 346 g/mol. The van der Waals surface area contributed by atoms with E-state index in [4.69, 9.17) is 5.73 Å². The molecular weight excluding hydrogens is 337 g/mol. The van der Waals surface area contributed by atoms with Crippen LogP contribution in [0.5, 0.6) is 0 Å². The quantitative estimate of drug-likeness (QED) is 0.640. The SMILES string of the molecule is Nc1ccc(F)c(F)c1Nc1ccccc1I. The first-order valence-corrected chi connectivity index (χ1v) is 5.92. The highest BCUT2D eigenvalue weighted by Crippen LogP contribution is 2.29. The van der Waals surface area contributed by atoms with Crippen molar-refractivity contribution in [3.05, 3.63) is 51.6 Å². The molecule has 0 saturated heterocycles. The molecule has 0 heterocycles. The molecule has 2 aromatic carbocycles. The van der Waals surface area contributed by atoms with E-state index >= 15 is 0 Å². The zero-order valence-corrected chi connectivity index (χ0v) is 10.8. The summed E-state index contributed by atoms with van der Waals surface area (Å²) in [5.74, 6) is -1.89. The number of hydrogen-bond acceptors (Lipinski definition) is 2. The molecule has 0 amide bonds. The molecule has 0 bridgehead atoms. The van der Waals surface area contributed by atoms with E-state index in [0.29, 0.717) is 5.69 Å². The summed E-state index contributed by atoms with van der Waals surface area (Å²) >= 11 is 2.10. The number of anilines is 3. The van der Waals surface area contributed by atoms with Crippen molar-refractivity contribution in [1.29, 1.82) is 0 Å². The van der Waals surface area contributed by atoms with Crippen molar-refractivity contribution < 1.29 is 8.78 Å². The zero-order chi connectivity index (χ0) is 12.4. The first kappa shape index (κ1) is 12.1. The summed E-state index contributed by atoms with van der Waals surface area (Å²) in [4.78, 5) is 0. The van der Waals surface area contributed by atoms with Gasteiger partial charge in [-0.1, -0.05) is 12.1 Å². The molecule has 0 aliphatic heterocycles. The van der Waals surface area contributed by atoms with Gasteiger partial charge in [0.25, 0.3) is 0 Å². The lowest BCUT2D eigenvalue weighted by atomic mass is 10.2. The standard InChI is InChI=1S/C12H9F2IN2/c13-7-5-6-9(16)12(11(7)14)17-10-4-2-1-3-8(10)15/h1-6,17H,16H2. The minimum absolute atomic E-state index is 0.0332. The van der Waals surface area contributed by atoms with Gasteiger partial charge in [0.2, 0.25) is 0 Å². The molecular formula is C12H9F2IN2. The summed E-state index contributed by atoms with van der Waals surface area (Å²) in [6.07, 6.45) is 0. The highest BCUT2D eigenvalue weighted by molar-refractivity contribution is 14.1. The lowest BCUT2D eigenvalue weighted by molar-refractivity contribution is 0.512. The Balaban J connectivity index is 2.43. The van der Waals surface area contributed by atoms with Gasteiger partial charge in [-0.15, -0.1) is 0 Å². The van der Waals surface area contributed by atoms with Crippen molar-refractivity contribution in [2.75, 3.05) is 11.1 Å². The molecule has 0 atom stereocenters. The third kappa shape index (κ3) is 2.49. The van der Waals surface area contributed by atoms with Crippen molar-refractivity contribution in [1.82, 2.24) is 0 Å². The van der Waals surface area contributed by atoms with E-state index in [1.807, 2.05) is 12.1 Å². The van der Waals surface area contributed by atoms with Gasteiger partial charge in [-0.05, 0) is 46.9 Å². The van der Waals surface area contributed by atoms with Gasteiger partial charge in [-0.3, -0.25) is 0 Å². The van der Waals surface area contributed by atoms with Gasteiger partial charge < -0.3 is 11.1 Å². The van der Waals surface area contributed by atoms with Crippen LogP contribution in [0.15, 0.2) is 36.4 Å². The molecule has 88 valence electrons. The van der Waals surface area contributed by atoms with Crippen molar-refractivity contribution in [2.45, 2.75) is 0 Å². The summed E-state index contributed by atoms with van der Waals surface area (Å²) in [5.41, 5.74) is 6.44. The van der Waals surface area contributed by atoms with Crippen LogP contribution in [0.2, 0.25) is 0 Å². The van der Waals surface area contributed by atoms with Gasteiger partial charge in [-0.2, -0.15) is 0 Å². The van der Waals surface area contributed by atoms with Crippen molar-refractivity contribution >= 4 is 39.7 Å². The molecule has 2 nitrogen and oxygen atoms in total. The molecule has 17 heavy (non-hydrogen) atoms. The minimum Gasteiger partial charge on any atom is -0.397 e. The predicted octanol–water partition coefficient (Wildman–Crippen LogP) is 3.90. The Bertz CT molecular complexity index is 558. The van der Waals surface area contributed by atoms with Crippen LogP contribution in [-0.4, -0.2) is 0 Å². The number of nitrogen functional groups attached to an aromatic ring is 1. The molecule has 0 aliphatic carbocycles. The largest absolute Gasteiger partial charge is 0.397 e. The van der Waals surface area contributed by atoms with Crippen molar-refractivity contribution in [3.8, 4) is 0 Å². The van der Waals surface area contributed by atoms with Gasteiger partial charge >= 0.3 is 0 Å². The predicted molar refractivity (Wildman–Crippen MR) is 73.2 cm³/mol. The van der Waals surface area contributed by atoms with Crippen LogP contribution in [-0.2, 0) is 0 Å². The smallest absolute Gasteiger partial charge is 0.184 e. The van der Waals surface area contributed by atoms with E-state index in [1.54, 1.807) is 12.1 Å². The minimum atomic E-state index is -0.968. The third-order valence-electron chi connectivity index (χ3n) is 2.26. The van der Waals surface area contributed by atoms with Gasteiger partial charge in [0.05, 0.1) is 11.4 Å². The van der Waals surface area contributed by atoms with E-state index in [-0.39, 0.29) is 11.4 Å². The van der Waals surface area contributed by atoms with Gasteiger partial charge in [-0.25, -0.2) is 8.78 Å². The third-order valence-corrected chi connectivity index (χ3v) is 3.20. The Morgan fingerprint density at radius 2 is 1.76 bits per heavy atom. The number of halogens is 3. The van der Waals surface area contributed by atoms with Crippen molar-refractivity contribution in [3.63, 3.8) is 0 Å². The number of nitrogens with one attached hydrogen (secondary N) is 1. The van der Waals surface area contributed by atoms with Crippen LogP contribution in [0.1, 0.15) is 0 Å². The summed E-state index contributed by atoms with van der Waals surface area (Å²) in [6, 6.07) is 9.63. The van der Waals surface area contributed by atoms with Crippen LogP contribution >= 0.6 is 22.6 Å². The summed E-state index contributed by atoms with van der Waals surface area (Å²) in [5, 5.41) is 2.80. The van der Waals surface area contributed by atoms with E-state index in [0.717, 1.165) is 9.64 Å². The molecule has 0 saturated carbocycles. The second-order valence-corrected chi connectivity index (χ2v) is 4.59. The fourth-order valence-corrected chi connectivity index (χ4v) is 1.91. The van der Waals surface area contributed by atoms with E-state index in [9.17, 15) is 8.78 Å². The fourth-order valence-electron chi connectivity index (χ4n) is 1.39. The van der Waals surface area contributed by atoms with Crippen LogP contribution in [0.25, 0.3) is 0 Å². The van der Waals surface area contributed by atoms with Gasteiger partial charge in [0.15, 0.2) is 11.6 Å². The highest BCUT2D eigenvalue weighted by atomic mass is 127. The van der Waals surface area contributed by atoms with Crippen LogP contribution in [0.3, 0.4) is 0 Å². The van der Waals surface area contributed by atoms with Gasteiger partial charge in [0.1, 0.15) is 5.69 Å². The molecule has 0 fully saturated rings. The summed E-state index contributed by atoms with van der Waals surface area (Å²) in [7, 11) is 0. The summed E-state index contributed by atoms with van der Waals surface area (Å²) < 4.78 is 27.5. The molecule has 2 rings (SSSR count). The number of hydrogen-bond donors (Lipinski definition) is 2. The monoisotopic (exact) mass is 346 g/mol. The maximum atomic E-state index is 13.6. The Morgan fingerprint density at radius 1 is 1.06 bits per heavy atom. The normalized spacial score (nSPS) is 10.3. The second kappa shape index (κ2) is 4.87. The molecule has 5 heteroatoms. The molecule has 0 radical (unpaired) electrons. The first-order valence-electron chi connectivity index (χ1n) is 4.84. The van der Waals surface area contributed by atoms with E-state index < -0.39 is 11.6 Å². The molecule has 0 aromatic heterocycles. The average Bonchev–Trinajstić information content (AvgIpc) is 2.32. The fraction of sp³-hybridized carbons (Fsp3) is 0. The number of para-hydroxylation sites is 1. The summed E-state index contributed by atoms with van der Waals surface area (Å²) in [6.45, 7) is 0. The lowest BCUT2D eigenvalue weighted by Gasteiger charge is -2.12. The van der Waals surface area contributed by atoms with Crippen LogP contribution < -0.4 is 11.1 Å². The first-order chi connectivity index (χ1) is 8.09. The Kier molecular flexibility index (Phi) is 3.46. The highest BCUT2D eigenvalue weighted by Gasteiger charge is 2.12. The Morgan fingerprint density at radius 3 is 2.47 bits per heavy atom. The van der Waals surface area contributed by atoms with Crippen LogP contribution in [0, 0.1) is 15.2 Å². The number of rotatable bonds is 2. The maximum Gasteiger partial charge on any atom is 0.184 e. The molecule has 2 aromatic rings. The van der Waals surface area contributed by atoms with E-state index in [2.05, 4.69) is 27.9 Å². The number of benzene rings is 2. The zero-order valence-electron chi connectivity index (χ0n) is 8.68. The second-order valence-electron chi connectivity index (χ2n) is 3.43. The molecule has 0 aliphatic rings. The molecule has 3 N–H and O–H groups in total. The molecule has 0 spiro atoms. The van der Waals surface area contributed by atoms with Crippen LogP contribution in [0.4, 0.5) is 25.8 Å². The Labute approximate surface area is 111 Å². The lowest BCUT2D eigenvalue weighted by Crippen LogP contribution is -2.02. The van der Waals surface area contributed by atoms with E-state index in [1.165, 1.54) is 6.07 Å². The number of nitrogens with two attached hydrogens (primary N) is 1. The maximum absolute atomic E-state index is 13.6. The van der Waals surface area contributed by atoms with Gasteiger partial charge in [0, 0.05) is 3.57 Å². The van der Waals surface area contributed by atoms with Crippen molar-refractivity contribution in [2.24, 2.45) is 0 Å².